The van der Waals surface area contributed by atoms with Gasteiger partial charge in [-0.2, -0.15) is 0 Å². The lowest BCUT2D eigenvalue weighted by Gasteiger charge is -2.34. The molecule has 99 heavy (non-hydrogen) atoms. The SMILES string of the molecule is Cc1ccc2c(C)c(C(=O)NC[C@H](C)c3cc(F)c(N4CC5CCC(C5)C4)cc3F)sc2n1.Cc1ccc2c(N)c(C(=O)NC[C@@H](C)c3cc(F)c(N4CC5CCC(C5)C4)cc3F)sc2n1.Cc1nc2sc(C(=O)NC[C@@H](C)c3ccc(N4CCCCC4)cc3C3CC3)c(N)c2cc1F. The van der Waals surface area contributed by atoms with Crippen molar-refractivity contribution in [2.24, 2.45) is 23.7 Å². The Morgan fingerprint density at radius 2 is 0.929 bits per heavy atom. The monoisotopic (exact) mass is 1410 g/mol. The summed E-state index contributed by atoms with van der Waals surface area (Å²) in [6.07, 6.45) is 13.5. The molecule has 0 radical (unpaired) electrons. The molecule has 9 heterocycles. The minimum atomic E-state index is -0.438. The van der Waals surface area contributed by atoms with Crippen LogP contribution < -0.4 is 42.1 Å². The van der Waals surface area contributed by atoms with Gasteiger partial charge in [0, 0.05) is 116 Å². The summed E-state index contributed by atoms with van der Waals surface area (Å²) in [5, 5.41) is 11.0. The molecule has 6 aromatic heterocycles. The number of aromatic nitrogens is 3. The molecule has 0 spiro atoms. The van der Waals surface area contributed by atoms with Crippen LogP contribution in [0, 0.1) is 80.5 Å². The summed E-state index contributed by atoms with van der Waals surface area (Å²) in [4.78, 5) is 61.7. The van der Waals surface area contributed by atoms with Gasteiger partial charge >= 0.3 is 0 Å². The van der Waals surface area contributed by atoms with Crippen LogP contribution in [0.3, 0.4) is 0 Å². The van der Waals surface area contributed by atoms with E-state index in [1.807, 2.05) is 61.8 Å². The smallest absolute Gasteiger partial charge is 0.263 e. The van der Waals surface area contributed by atoms with E-state index in [1.165, 1.54) is 152 Å². The number of amides is 3. The second kappa shape index (κ2) is 29.3. The summed E-state index contributed by atoms with van der Waals surface area (Å²) in [5.41, 5.74) is 21.4. The van der Waals surface area contributed by atoms with E-state index < -0.39 is 29.2 Å². The van der Waals surface area contributed by atoms with Crippen molar-refractivity contribution in [3.63, 3.8) is 0 Å². The molecular weight excluding hydrogens is 1320 g/mol. The predicted octanol–water partition coefficient (Wildman–Crippen LogP) is 16.9. The average molecular weight is 1410 g/mol. The molecule has 14 nitrogen and oxygen atoms in total. The second-order valence-corrected chi connectivity index (χ2v) is 31.8. The van der Waals surface area contributed by atoms with Crippen molar-refractivity contribution >= 4 is 111 Å². The first-order valence-electron chi connectivity index (χ1n) is 35.1. The van der Waals surface area contributed by atoms with Crippen LogP contribution >= 0.6 is 34.0 Å². The zero-order valence-electron chi connectivity index (χ0n) is 57.4. The van der Waals surface area contributed by atoms with E-state index in [-0.39, 0.29) is 54.0 Å². The number of carbonyl (C=O) groups is 3. The average Bonchev–Trinajstić information content (AvgIpc) is 1.74. The number of nitrogens with zero attached hydrogens (tertiary/aromatic N) is 6. The highest BCUT2D eigenvalue weighted by atomic mass is 32.1. The third-order valence-electron chi connectivity index (χ3n) is 21.3. The van der Waals surface area contributed by atoms with Crippen molar-refractivity contribution in [3.8, 4) is 0 Å². The molecule has 522 valence electrons. The number of halogens is 5. The van der Waals surface area contributed by atoms with E-state index >= 15 is 13.2 Å². The van der Waals surface area contributed by atoms with Crippen LogP contribution in [0.5, 0.6) is 0 Å². The van der Waals surface area contributed by atoms with Crippen LogP contribution in [0.2, 0.25) is 0 Å². The van der Waals surface area contributed by atoms with Gasteiger partial charge in [-0.15, -0.1) is 34.0 Å². The van der Waals surface area contributed by atoms with E-state index in [2.05, 4.69) is 60.9 Å². The van der Waals surface area contributed by atoms with Gasteiger partial charge < -0.3 is 42.1 Å². The number of rotatable bonds is 16. The molecule has 15 rings (SSSR count). The van der Waals surface area contributed by atoms with Gasteiger partial charge in [0.25, 0.3) is 17.7 Å². The number of nitrogen functional groups attached to an aromatic ring is 2. The molecule has 6 aliphatic rings. The van der Waals surface area contributed by atoms with E-state index in [4.69, 9.17) is 11.5 Å². The Labute approximate surface area is 587 Å². The van der Waals surface area contributed by atoms with Crippen molar-refractivity contribution in [3.05, 3.63) is 161 Å². The highest BCUT2D eigenvalue weighted by Crippen LogP contribution is 2.46. The molecule has 7 N–H and O–H groups in total. The van der Waals surface area contributed by atoms with Gasteiger partial charge in [0.2, 0.25) is 0 Å². The normalized spacial score (nSPS) is 19.7. The Balaban J connectivity index is 0.000000133. The molecule has 22 heteroatoms. The number of thiophene rings is 3. The van der Waals surface area contributed by atoms with E-state index in [0.717, 1.165) is 71.8 Å². The maximum atomic E-state index is 15.0. The molecule has 7 atom stereocenters. The quantitative estimate of drug-likeness (QED) is 0.0579. The van der Waals surface area contributed by atoms with Crippen LogP contribution in [0.4, 0.5) is 50.4 Å². The summed E-state index contributed by atoms with van der Waals surface area (Å²) in [6.45, 7) is 19.5. The number of hydrogen-bond donors (Lipinski definition) is 5. The van der Waals surface area contributed by atoms with E-state index in [1.54, 1.807) is 13.8 Å². The predicted molar refractivity (Wildman–Crippen MR) is 392 cm³/mol. The number of anilines is 5. The Morgan fingerprint density at radius 3 is 1.43 bits per heavy atom. The lowest BCUT2D eigenvalue weighted by Crippen LogP contribution is -2.37. The van der Waals surface area contributed by atoms with E-state index in [0.29, 0.717) is 99.8 Å². The number of pyridine rings is 3. The van der Waals surface area contributed by atoms with Gasteiger partial charge in [-0.25, -0.2) is 36.9 Å². The zero-order chi connectivity index (χ0) is 69.7. The van der Waals surface area contributed by atoms with Crippen LogP contribution in [0.15, 0.2) is 72.8 Å². The maximum Gasteiger partial charge on any atom is 0.263 e. The first kappa shape index (κ1) is 69.5. The molecule has 3 saturated heterocycles. The Morgan fingerprint density at radius 1 is 0.485 bits per heavy atom. The lowest BCUT2D eigenvalue weighted by atomic mass is 9.92. The highest BCUT2D eigenvalue weighted by Gasteiger charge is 2.37. The van der Waals surface area contributed by atoms with Crippen molar-refractivity contribution < 1.29 is 36.3 Å². The van der Waals surface area contributed by atoms with Gasteiger partial charge in [0.1, 0.15) is 53.3 Å². The summed E-state index contributed by atoms with van der Waals surface area (Å²) in [7, 11) is 0. The minimum Gasteiger partial charge on any atom is -0.397 e. The highest BCUT2D eigenvalue weighted by molar-refractivity contribution is 7.21. The van der Waals surface area contributed by atoms with Gasteiger partial charge in [0.05, 0.1) is 33.3 Å². The zero-order valence-corrected chi connectivity index (χ0v) is 59.8. The molecular formula is C77H88F5N11O3S3. The number of nitrogens with two attached hydrogens (primary N) is 2. The summed E-state index contributed by atoms with van der Waals surface area (Å²) in [5.74, 6) is -0.373. The summed E-state index contributed by atoms with van der Waals surface area (Å²) >= 11 is 3.81. The van der Waals surface area contributed by atoms with E-state index in [9.17, 15) is 23.2 Å². The fourth-order valence-corrected chi connectivity index (χ4v) is 18.7. The molecule has 3 saturated carbocycles. The molecule has 4 bridgehead atoms. The summed E-state index contributed by atoms with van der Waals surface area (Å²) in [6, 6.07) is 21.2. The summed E-state index contributed by atoms with van der Waals surface area (Å²) < 4.78 is 74.0. The molecule has 3 aliphatic heterocycles. The molecule has 3 amide bonds. The maximum absolute atomic E-state index is 15.0. The molecule has 6 fully saturated rings. The van der Waals surface area contributed by atoms with Gasteiger partial charge in [-0.3, -0.25) is 14.4 Å². The van der Waals surface area contributed by atoms with Gasteiger partial charge in [-0.05, 0) is 216 Å². The minimum absolute atomic E-state index is 0.169. The van der Waals surface area contributed by atoms with Crippen LogP contribution in [-0.4, -0.2) is 91.6 Å². The standard InChI is InChI=1S/C26H29F2N3OS.C26H31FN4OS.C25H28F2N4OS/c1-14(11-29-25(32)24-16(3)19-7-4-15(2)30-26(19)33-24)20-9-22(28)23(10-21(20)27)31-12-17-5-6-18(8-17)13-31;1-15(14-29-25(32)24-23(28)21-13-22(27)16(2)30-26(21)33-24)19-9-8-18(12-20(19)17-6-7-17)31-10-4-3-5-11-31;1-13(10-29-24(32)23-22(28)17-6-3-14(2)30-25(17)33-23)18-8-20(27)21(9-19(18)26)31-11-15-4-5-16(7-15)12-31/h4,7,9-10,14,17-18H,5-6,8,11-13H2,1-3H3,(H,29,32);8-9,12-13,15,17H,3-7,10-11,14,28H2,1-2H3,(H,29,32);3,6,8-9,13,15-16H,4-5,7,10-12,28H2,1-2H3,(H,29,32)/t14-,17?,18?;15-;13-,15?,16?/m011/s1. The van der Waals surface area contributed by atoms with Crippen molar-refractivity contribution in [1.29, 1.82) is 0 Å². The third-order valence-corrected chi connectivity index (χ3v) is 24.7. The lowest BCUT2D eigenvalue weighted by molar-refractivity contribution is 0.0947. The van der Waals surface area contributed by atoms with Gasteiger partial charge in [-0.1, -0.05) is 26.8 Å². The number of fused-ring (bicyclic) bond motifs is 7. The second-order valence-electron chi connectivity index (χ2n) is 28.8. The fourth-order valence-electron chi connectivity index (χ4n) is 15.5. The topological polar surface area (TPSA) is 188 Å². The first-order chi connectivity index (χ1) is 47.5. The number of benzene rings is 3. The van der Waals surface area contributed by atoms with Crippen LogP contribution in [0.1, 0.15) is 189 Å². The number of nitrogens with one attached hydrogen (secondary N) is 3. The molecule has 4 unspecified atom stereocenters. The fraction of sp³-hybridized carbons (Fsp3) is 0.455. The number of aryl methyl sites for hydroxylation is 4. The Hall–Kier alpha value is -7.95. The Kier molecular flexibility index (Phi) is 20.6. The largest absolute Gasteiger partial charge is 0.397 e. The molecule has 9 aromatic rings. The van der Waals surface area contributed by atoms with Gasteiger partial charge in [0.15, 0.2) is 0 Å². The first-order valence-corrected chi connectivity index (χ1v) is 37.6. The number of carbonyl (C=O) groups excluding carboxylic acids is 3. The number of hydrogen-bond acceptors (Lipinski definition) is 14. The third kappa shape index (κ3) is 15.1. The van der Waals surface area contributed by atoms with Crippen molar-refractivity contribution in [2.45, 2.75) is 143 Å². The van der Waals surface area contributed by atoms with Crippen LogP contribution in [0.25, 0.3) is 30.6 Å². The molecule has 3 aromatic carbocycles. The Bertz CT molecular complexity index is 4330. The number of piperidine rings is 3. The van der Waals surface area contributed by atoms with Crippen LogP contribution in [-0.2, 0) is 0 Å². The van der Waals surface area contributed by atoms with Crippen molar-refractivity contribution in [1.82, 2.24) is 30.9 Å². The van der Waals surface area contributed by atoms with Crippen molar-refractivity contribution in [2.75, 3.05) is 85.1 Å². The molecule has 3 aliphatic carbocycles.